The predicted octanol–water partition coefficient (Wildman–Crippen LogP) is 3.99. The minimum atomic E-state index is -0.199. The third kappa shape index (κ3) is 2.90. The van der Waals surface area contributed by atoms with E-state index in [1.807, 2.05) is 43.4 Å². The fourth-order valence-electron chi connectivity index (χ4n) is 2.14. The molecule has 4 nitrogen and oxygen atoms in total. The van der Waals surface area contributed by atoms with Crippen LogP contribution in [0.25, 0.3) is 16.7 Å². The molecule has 3 rings (SSSR count). The van der Waals surface area contributed by atoms with Gasteiger partial charge in [-0.25, -0.2) is 0 Å². The minimum Gasteiger partial charge on any atom is -0.505 e. The third-order valence-electron chi connectivity index (χ3n) is 3.26. The van der Waals surface area contributed by atoms with Gasteiger partial charge in [0.05, 0.1) is 3.58 Å². The average molecular weight is 411 g/mol. The van der Waals surface area contributed by atoms with Gasteiger partial charge >= 0.3 is 0 Å². The SMILES string of the molecule is Cc1ccc2nn(C3=C(O)C(I)=CC(C)(P)C=C3)nc2c1. The summed E-state index contributed by atoms with van der Waals surface area (Å²) in [5.41, 5.74) is 3.35. The Morgan fingerprint density at radius 2 is 2.00 bits per heavy atom. The van der Waals surface area contributed by atoms with Gasteiger partial charge in [-0.05, 0) is 60.2 Å². The molecule has 2 unspecified atom stereocenters. The van der Waals surface area contributed by atoms with Gasteiger partial charge in [-0.1, -0.05) is 18.2 Å². The number of aliphatic hydroxyl groups is 1. The molecule has 1 aromatic carbocycles. The molecule has 2 aromatic rings. The van der Waals surface area contributed by atoms with Crippen LogP contribution in [0.1, 0.15) is 12.5 Å². The van der Waals surface area contributed by atoms with Gasteiger partial charge in [0, 0.05) is 5.16 Å². The van der Waals surface area contributed by atoms with Gasteiger partial charge < -0.3 is 5.11 Å². The summed E-state index contributed by atoms with van der Waals surface area (Å²) in [6.45, 7) is 4.07. The lowest BCUT2D eigenvalue weighted by Gasteiger charge is -2.13. The lowest BCUT2D eigenvalue weighted by atomic mass is 10.1. The number of hydrogen-bond donors (Lipinski definition) is 1. The van der Waals surface area contributed by atoms with E-state index in [2.05, 4.69) is 49.0 Å². The second-order valence-electron chi connectivity index (χ2n) is 5.41. The number of fused-ring (bicyclic) bond motifs is 1. The first-order chi connectivity index (χ1) is 9.85. The molecule has 0 spiro atoms. The lowest BCUT2D eigenvalue weighted by molar-refractivity contribution is 0.429. The fraction of sp³-hybridized carbons (Fsp3) is 0.200. The van der Waals surface area contributed by atoms with Gasteiger partial charge in [0.25, 0.3) is 0 Å². The van der Waals surface area contributed by atoms with Crippen LogP contribution in [0, 0.1) is 6.92 Å². The van der Waals surface area contributed by atoms with Crippen LogP contribution in [0.5, 0.6) is 0 Å². The first-order valence-electron chi connectivity index (χ1n) is 6.50. The average Bonchev–Trinajstić information content (AvgIpc) is 2.76. The van der Waals surface area contributed by atoms with Crippen molar-refractivity contribution in [2.24, 2.45) is 0 Å². The molecule has 108 valence electrons. The van der Waals surface area contributed by atoms with E-state index < -0.39 is 0 Å². The molecule has 0 aliphatic heterocycles. The van der Waals surface area contributed by atoms with Gasteiger partial charge in [-0.2, -0.15) is 0 Å². The van der Waals surface area contributed by atoms with E-state index in [0.29, 0.717) is 5.70 Å². The van der Waals surface area contributed by atoms with Crippen LogP contribution in [-0.2, 0) is 0 Å². The molecule has 2 atom stereocenters. The molecule has 0 amide bonds. The number of nitrogens with zero attached hydrogens (tertiary/aromatic N) is 3. The first-order valence-corrected chi connectivity index (χ1v) is 8.15. The Hall–Kier alpha value is -1.20. The maximum Gasteiger partial charge on any atom is 0.156 e. The van der Waals surface area contributed by atoms with Gasteiger partial charge in [0.2, 0.25) is 0 Å². The van der Waals surface area contributed by atoms with Crippen LogP contribution in [0.15, 0.2) is 45.8 Å². The number of rotatable bonds is 1. The van der Waals surface area contributed by atoms with E-state index in [4.69, 9.17) is 0 Å². The Morgan fingerprint density at radius 3 is 2.76 bits per heavy atom. The summed E-state index contributed by atoms with van der Waals surface area (Å²) in [6.07, 6.45) is 5.86. The van der Waals surface area contributed by atoms with Crippen molar-refractivity contribution in [2.45, 2.75) is 19.0 Å². The van der Waals surface area contributed by atoms with Crippen molar-refractivity contribution in [3.63, 3.8) is 0 Å². The van der Waals surface area contributed by atoms with E-state index >= 15 is 0 Å². The standard InChI is InChI=1S/C15H15IN3OP/c1-9-3-4-11-12(7-9)18-19(17-11)13-5-6-15(2,21)8-10(16)14(13)20/h3-8,20H,21H2,1-2H3. The maximum atomic E-state index is 10.4. The Kier molecular flexibility index (Phi) is 3.66. The highest BCUT2D eigenvalue weighted by Crippen LogP contribution is 2.33. The normalized spacial score (nSPS) is 22.6. The number of hydrogen-bond acceptors (Lipinski definition) is 3. The van der Waals surface area contributed by atoms with Crippen LogP contribution in [0.2, 0.25) is 0 Å². The summed E-state index contributed by atoms with van der Waals surface area (Å²) in [5, 5.41) is 19.1. The van der Waals surface area contributed by atoms with E-state index in [0.717, 1.165) is 20.2 Å². The number of aryl methyl sites for hydroxylation is 1. The molecule has 0 saturated carbocycles. The summed E-state index contributed by atoms with van der Waals surface area (Å²) in [6, 6.07) is 5.92. The van der Waals surface area contributed by atoms with Crippen molar-refractivity contribution >= 4 is 48.6 Å². The number of aromatic nitrogens is 3. The monoisotopic (exact) mass is 411 g/mol. The number of allylic oxidation sites excluding steroid dienone is 5. The van der Waals surface area contributed by atoms with Gasteiger partial charge in [0.1, 0.15) is 16.7 Å². The highest BCUT2D eigenvalue weighted by Gasteiger charge is 2.21. The van der Waals surface area contributed by atoms with Gasteiger partial charge in [-0.3, -0.25) is 0 Å². The zero-order valence-electron chi connectivity index (χ0n) is 11.7. The Labute approximate surface area is 139 Å². The van der Waals surface area contributed by atoms with Crippen LogP contribution in [0.4, 0.5) is 0 Å². The number of aliphatic hydroxyl groups excluding tert-OH is 1. The second-order valence-corrected chi connectivity index (χ2v) is 7.81. The molecule has 6 heteroatoms. The summed E-state index contributed by atoms with van der Waals surface area (Å²) in [7, 11) is 2.76. The van der Waals surface area contributed by atoms with Crippen LogP contribution >= 0.6 is 31.8 Å². The molecule has 1 aliphatic rings. The molecule has 0 saturated heterocycles. The van der Waals surface area contributed by atoms with Crippen LogP contribution in [0.3, 0.4) is 0 Å². The van der Waals surface area contributed by atoms with Crippen molar-refractivity contribution in [1.29, 1.82) is 0 Å². The zero-order valence-corrected chi connectivity index (χ0v) is 15.0. The molecule has 1 aliphatic carbocycles. The molecular formula is C15H15IN3OP. The zero-order chi connectivity index (χ0) is 15.2. The summed E-state index contributed by atoms with van der Waals surface area (Å²) < 4.78 is 0.780. The molecule has 0 radical (unpaired) electrons. The second kappa shape index (κ2) is 5.21. The van der Waals surface area contributed by atoms with Crippen LogP contribution in [-0.4, -0.2) is 25.3 Å². The summed E-state index contributed by atoms with van der Waals surface area (Å²) in [5.74, 6) is 0.190. The fourth-order valence-corrected chi connectivity index (χ4v) is 3.69. The molecule has 0 bridgehead atoms. The molecular weight excluding hydrogens is 396 g/mol. The van der Waals surface area contributed by atoms with E-state index in [9.17, 15) is 5.11 Å². The highest BCUT2D eigenvalue weighted by molar-refractivity contribution is 14.1. The van der Waals surface area contributed by atoms with Gasteiger partial charge in [-0.15, -0.1) is 24.2 Å². The third-order valence-corrected chi connectivity index (χ3v) is 4.44. The number of halogens is 1. The van der Waals surface area contributed by atoms with E-state index in [1.54, 1.807) is 0 Å². The predicted molar refractivity (Wildman–Crippen MR) is 97.5 cm³/mol. The summed E-state index contributed by atoms with van der Waals surface area (Å²) >= 11 is 2.13. The molecule has 0 fully saturated rings. The van der Waals surface area contributed by atoms with Crippen molar-refractivity contribution in [1.82, 2.24) is 15.0 Å². The van der Waals surface area contributed by atoms with Gasteiger partial charge in [0.15, 0.2) is 5.76 Å². The lowest BCUT2D eigenvalue weighted by Crippen LogP contribution is -2.06. The maximum absolute atomic E-state index is 10.4. The van der Waals surface area contributed by atoms with Crippen molar-refractivity contribution in [3.8, 4) is 0 Å². The smallest absolute Gasteiger partial charge is 0.156 e. The topological polar surface area (TPSA) is 50.9 Å². The van der Waals surface area contributed by atoms with E-state index in [1.165, 1.54) is 4.80 Å². The molecule has 1 N–H and O–H groups in total. The Balaban J connectivity index is 2.17. The summed E-state index contributed by atoms with van der Waals surface area (Å²) in [4.78, 5) is 1.49. The van der Waals surface area contributed by atoms with Crippen molar-refractivity contribution in [3.05, 3.63) is 51.3 Å². The Morgan fingerprint density at radius 1 is 1.29 bits per heavy atom. The van der Waals surface area contributed by atoms with Crippen molar-refractivity contribution in [2.75, 3.05) is 0 Å². The molecule has 1 aromatic heterocycles. The molecule has 21 heavy (non-hydrogen) atoms. The first kappa shape index (κ1) is 14.7. The highest BCUT2D eigenvalue weighted by atomic mass is 127. The molecule has 1 heterocycles. The Bertz CT molecular complexity index is 817. The number of benzene rings is 1. The van der Waals surface area contributed by atoms with Crippen molar-refractivity contribution < 1.29 is 5.11 Å². The van der Waals surface area contributed by atoms with Crippen LogP contribution < -0.4 is 0 Å². The minimum absolute atomic E-state index is 0.190. The van der Waals surface area contributed by atoms with E-state index in [-0.39, 0.29) is 10.9 Å². The largest absolute Gasteiger partial charge is 0.505 e. The quantitative estimate of drug-likeness (QED) is 0.571.